The van der Waals surface area contributed by atoms with Crippen molar-refractivity contribution in [1.82, 2.24) is 28.4 Å². The highest BCUT2D eigenvalue weighted by atomic mass is 35.5. The molecule has 0 bridgehead atoms. The van der Waals surface area contributed by atoms with Crippen LogP contribution >= 0.6 is 11.6 Å². The molecule has 0 amide bonds. The normalized spacial score (nSPS) is 13.3. The van der Waals surface area contributed by atoms with Crippen molar-refractivity contribution in [2.45, 2.75) is 198 Å². The van der Waals surface area contributed by atoms with E-state index >= 15 is 0 Å². The lowest BCUT2D eigenvalue weighted by Gasteiger charge is -2.23. The maximum absolute atomic E-state index is 11.5. The Morgan fingerprint density at radius 2 is 0.752 bits per heavy atom. The van der Waals surface area contributed by atoms with Gasteiger partial charge in [-0.25, -0.2) is 0 Å². The van der Waals surface area contributed by atoms with Crippen molar-refractivity contribution in [3.8, 4) is 17.2 Å². The summed E-state index contributed by atoms with van der Waals surface area (Å²) in [6.45, 7) is 27.8. The zero-order chi connectivity index (χ0) is 78.7. The summed E-state index contributed by atoms with van der Waals surface area (Å²) in [5.41, 5.74) is 15.7. The first-order valence-electron chi connectivity index (χ1n) is 35.7. The van der Waals surface area contributed by atoms with Crippen molar-refractivity contribution < 1.29 is 50.9 Å². The highest BCUT2D eigenvalue weighted by Gasteiger charge is 2.23. The number of pyridine rings is 6. The van der Waals surface area contributed by atoms with Crippen molar-refractivity contribution in [2.24, 2.45) is 34.1 Å². The molecule has 2 aromatic carbocycles. The van der Waals surface area contributed by atoms with Gasteiger partial charge in [-0.15, -0.1) is 4.73 Å². The maximum Gasteiger partial charge on any atom is 0.283 e. The Balaban J connectivity index is 0.000000327. The fourth-order valence-electron chi connectivity index (χ4n) is 12.3. The molecule has 105 heavy (non-hydrogen) atoms. The SMILES string of the molecule is Cc1cc(C2CCCCC2)n(O)c(=O)c1.Cc1cc(C2CCCCC2)n(O)c(=O)c1.Cc1cc(CC(C)CC(C)(C)C)n(O)c(=O)c1.Cc1cc(CC(C)CC(C)(C)C)n(O)c(=O)c1.Cc1cc(COc2ccc(Oc3ccc(Cl)cc3)cc2)n(O)c(=O)c1.NCCO.NCCO.O=c1ccccn1O. The Morgan fingerprint density at radius 3 is 1.08 bits per heavy atom. The van der Waals surface area contributed by atoms with Gasteiger partial charge in [-0.3, -0.25) is 28.8 Å². The van der Waals surface area contributed by atoms with Crippen molar-refractivity contribution in [1.29, 1.82) is 0 Å². The van der Waals surface area contributed by atoms with E-state index in [0.717, 1.165) is 109 Å². The van der Waals surface area contributed by atoms with Crippen LogP contribution in [-0.4, -0.2) is 96.1 Å². The lowest BCUT2D eigenvalue weighted by atomic mass is 9.83. The van der Waals surface area contributed by atoms with E-state index in [-0.39, 0.29) is 52.9 Å². The van der Waals surface area contributed by atoms with Crippen molar-refractivity contribution in [2.75, 3.05) is 26.3 Å². The number of hydrogen-bond acceptors (Lipinski definition) is 18. The van der Waals surface area contributed by atoms with Crippen LogP contribution in [0.3, 0.4) is 0 Å². The van der Waals surface area contributed by atoms with Crippen LogP contribution in [0.25, 0.3) is 0 Å². The number of benzene rings is 2. The summed E-state index contributed by atoms with van der Waals surface area (Å²) in [4.78, 5) is 67.6. The summed E-state index contributed by atoms with van der Waals surface area (Å²) in [7, 11) is 0. The second-order valence-corrected chi connectivity index (χ2v) is 29.7. The van der Waals surface area contributed by atoms with E-state index in [1.54, 1.807) is 73.7 Å². The molecule has 6 heterocycles. The van der Waals surface area contributed by atoms with E-state index in [2.05, 4.69) is 55.4 Å². The molecule has 2 unspecified atom stereocenters. The number of hydrogen-bond donors (Lipinski definition) is 10. The second-order valence-electron chi connectivity index (χ2n) is 29.3. The van der Waals surface area contributed by atoms with Gasteiger partial charge in [0.15, 0.2) is 0 Å². The molecule has 2 aliphatic carbocycles. The molecule has 2 fully saturated rings. The minimum atomic E-state index is -0.481. The van der Waals surface area contributed by atoms with Crippen molar-refractivity contribution in [3.63, 3.8) is 0 Å². The monoisotopic (exact) mass is 1480 g/mol. The summed E-state index contributed by atoms with van der Waals surface area (Å²) in [5, 5.41) is 73.1. The van der Waals surface area contributed by atoms with E-state index in [4.69, 9.17) is 48.0 Å². The molecule has 12 N–H and O–H groups in total. The van der Waals surface area contributed by atoms with Crippen LogP contribution in [0.5, 0.6) is 17.2 Å². The molecule has 0 saturated heterocycles. The van der Waals surface area contributed by atoms with Crippen LogP contribution in [0.15, 0.2) is 162 Å². The molecule has 25 heteroatoms. The molecule has 8 aromatic rings. The van der Waals surface area contributed by atoms with Gasteiger partial charge in [-0.1, -0.05) is 112 Å². The zero-order valence-electron chi connectivity index (χ0n) is 63.5. The third-order valence-electron chi connectivity index (χ3n) is 16.4. The minimum Gasteiger partial charge on any atom is -0.487 e. The van der Waals surface area contributed by atoms with Crippen LogP contribution in [-0.2, 0) is 19.4 Å². The number of aliphatic hydroxyl groups excluding tert-OH is 2. The Morgan fingerprint density at radius 1 is 0.438 bits per heavy atom. The minimum absolute atomic E-state index is 0.0742. The number of nitrogens with two attached hydrogens (primary N) is 2. The number of ether oxygens (including phenoxy) is 2. The van der Waals surface area contributed by atoms with E-state index in [1.807, 2.05) is 52.0 Å². The second kappa shape index (κ2) is 45.1. The molecule has 0 radical (unpaired) electrons. The van der Waals surface area contributed by atoms with Crippen LogP contribution in [0.2, 0.25) is 5.02 Å². The molecule has 0 aliphatic heterocycles. The van der Waals surface area contributed by atoms with Gasteiger partial charge in [0.05, 0.1) is 41.7 Å². The average molecular weight is 1480 g/mol. The first-order valence-corrected chi connectivity index (χ1v) is 36.0. The van der Waals surface area contributed by atoms with Crippen molar-refractivity contribution >= 4 is 11.6 Å². The van der Waals surface area contributed by atoms with Gasteiger partial charge in [0.25, 0.3) is 33.4 Å². The average Bonchev–Trinajstić information content (AvgIpc) is 0.828. The zero-order valence-corrected chi connectivity index (χ0v) is 64.3. The summed E-state index contributed by atoms with van der Waals surface area (Å²) in [6, 6.07) is 35.0. The molecule has 578 valence electrons. The smallest absolute Gasteiger partial charge is 0.283 e. The molecule has 2 aliphatic rings. The Labute approximate surface area is 621 Å². The number of aromatic nitrogens is 6. The molecule has 2 atom stereocenters. The van der Waals surface area contributed by atoms with E-state index in [1.165, 1.54) is 81.1 Å². The predicted molar refractivity (Wildman–Crippen MR) is 411 cm³/mol. The molecular formula is C80H115ClN8O16. The highest BCUT2D eigenvalue weighted by Crippen LogP contribution is 2.34. The summed E-state index contributed by atoms with van der Waals surface area (Å²) in [6.07, 6.45) is 16.6. The standard InChI is InChI=1S/C19H16ClNO4.2C14H23NO2.2C12H17NO2.C5H5NO2.2C2H7NO/c1-13-10-15(21(23)19(22)11-13)12-24-16-6-8-18(9-7-16)25-17-4-2-14(20)3-5-17;2*1-10-6-12(15(17)13(16)8-10)7-11(2)9-14(3,4)5;2*1-9-7-11(13(15)12(14)8-9)10-5-3-2-4-6-10;7-5-3-1-2-4-6(5)8;2*3-1-2-4/h2-11,23H,12H2,1H3;2*6,8,11,17H,7,9H2,1-5H3;2*7-8,10,15H,2-6H2,1H3;1-4,8H;2*4H,1-3H2. The van der Waals surface area contributed by atoms with Gasteiger partial charge in [-0.05, 0) is 221 Å². The molecule has 0 spiro atoms. The molecular weight excluding hydrogens is 1360 g/mol. The third kappa shape index (κ3) is 34.0. The van der Waals surface area contributed by atoms with Crippen LogP contribution in [0.1, 0.15) is 201 Å². The van der Waals surface area contributed by atoms with E-state index < -0.39 is 11.1 Å². The lowest BCUT2D eigenvalue weighted by molar-refractivity contribution is 0.147. The van der Waals surface area contributed by atoms with Gasteiger partial charge >= 0.3 is 0 Å². The lowest BCUT2D eigenvalue weighted by Crippen LogP contribution is -2.23. The number of aryl methyl sites for hydroxylation is 5. The summed E-state index contributed by atoms with van der Waals surface area (Å²) < 4.78 is 15.6. The third-order valence-corrected chi connectivity index (χ3v) is 16.7. The number of halogens is 1. The molecule has 10 rings (SSSR count). The Bertz CT molecular complexity index is 4100. The van der Waals surface area contributed by atoms with Crippen LogP contribution in [0, 0.1) is 57.3 Å². The highest BCUT2D eigenvalue weighted by molar-refractivity contribution is 6.30. The largest absolute Gasteiger partial charge is 0.487 e. The molecule has 2 saturated carbocycles. The summed E-state index contributed by atoms with van der Waals surface area (Å²) in [5.74, 6) is 3.53. The van der Waals surface area contributed by atoms with Gasteiger partial charge in [0.2, 0.25) is 0 Å². The fourth-order valence-corrected chi connectivity index (χ4v) is 12.4. The van der Waals surface area contributed by atoms with Gasteiger partial charge in [0, 0.05) is 72.5 Å². The maximum atomic E-state index is 11.5. The molecule has 24 nitrogen and oxygen atoms in total. The number of aliphatic hydroxyl groups is 2. The van der Waals surface area contributed by atoms with E-state index in [0.29, 0.717) is 85.6 Å². The Kier molecular flexibility index (Phi) is 38.6. The first-order chi connectivity index (χ1) is 49.4. The predicted octanol–water partition coefficient (Wildman–Crippen LogP) is 13.3. The van der Waals surface area contributed by atoms with E-state index in [9.17, 15) is 54.8 Å². The van der Waals surface area contributed by atoms with Gasteiger partial charge < -0.3 is 62.4 Å². The van der Waals surface area contributed by atoms with Crippen LogP contribution < -0.4 is 54.3 Å². The van der Waals surface area contributed by atoms with Crippen LogP contribution in [0.4, 0.5) is 0 Å². The first kappa shape index (κ1) is 89.9. The topological polar surface area (TPSA) is 364 Å². The fraction of sp³-hybridized carbons (Fsp3) is 0.475. The number of nitrogens with zero attached hydrogens (tertiary/aromatic N) is 6. The van der Waals surface area contributed by atoms with Crippen molar-refractivity contribution in [3.05, 3.63) is 257 Å². The van der Waals surface area contributed by atoms with Gasteiger partial charge in [-0.2, -0.15) is 23.7 Å². The van der Waals surface area contributed by atoms with Gasteiger partial charge in [0.1, 0.15) is 23.9 Å². The quantitative estimate of drug-likeness (QED) is 0.0426. The molecule has 6 aromatic heterocycles. The summed E-state index contributed by atoms with van der Waals surface area (Å²) >= 11 is 5.84. The number of rotatable bonds is 15. The Hall–Kier alpha value is -9.33.